The van der Waals surface area contributed by atoms with Gasteiger partial charge in [0.2, 0.25) is 0 Å². The van der Waals surface area contributed by atoms with Crippen LogP contribution in [-0.2, 0) is 0 Å². The van der Waals surface area contributed by atoms with Crippen LogP contribution < -0.4 is 0 Å². The number of thiol groups is 1. The molecule has 1 nitrogen and oxygen atoms in total. The van der Waals surface area contributed by atoms with E-state index in [9.17, 15) is 0 Å². The van der Waals surface area contributed by atoms with Crippen LogP contribution in [0.4, 0.5) is 0 Å². The summed E-state index contributed by atoms with van der Waals surface area (Å²) in [6.07, 6.45) is 1.80. The van der Waals surface area contributed by atoms with E-state index in [4.69, 9.17) is 0 Å². The number of nitrogens with zero attached hydrogens (tertiary/aromatic N) is 1. The fraction of sp³-hybridized carbons (Fsp3) is 0.667. The van der Waals surface area contributed by atoms with E-state index in [1.54, 1.807) is 6.20 Å². The van der Waals surface area contributed by atoms with E-state index in [2.05, 4.69) is 33.1 Å². The lowest BCUT2D eigenvalue weighted by atomic mass is 10.4. The van der Waals surface area contributed by atoms with Gasteiger partial charge < -0.3 is 4.90 Å². The van der Waals surface area contributed by atoms with Gasteiger partial charge in [-0.2, -0.15) is 12.6 Å². The molecular formula is C6H13NS. The molecule has 0 fully saturated rings. The van der Waals surface area contributed by atoms with Crippen LogP contribution in [0.15, 0.2) is 12.8 Å². The predicted octanol–water partition coefficient (Wildman–Crippen LogP) is 1.73. The van der Waals surface area contributed by atoms with Crippen LogP contribution in [0, 0.1) is 0 Å². The molecule has 0 atom stereocenters. The van der Waals surface area contributed by atoms with Gasteiger partial charge in [-0.15, -0.1) is 0 Å². The Bertz CT molecular complexity index is 70.9. The molecule has 8 heavy (non-hydrogen) atoms. The highest BCUT2D eigenvalue weighted by Crippen LogP contribution is 1.97. The third-order valence-corrected chi connectivity index (χ3v) is 1.39. The summed E-state index contributed by atoms with van der Waals surface area (Å²) in [6, 6.07) is 0.519. The first-order valence-electron chi connectivity index (χ1n) is 2.71. The monoisotopic (exact) mass is 131 g/mol. The first-order chi connectivity index (χ1) is 3.72. The fourth-order valence-corrected chi connectivity index (χ4v) is 0.874. The fourth-order valence-electron chi connectivity index (χ4n) is 0.432. The predicted molar refractivity (Wildman–Crippen MR) is 41.0 cm³/mol. The van der Waals surface area contributed by atoms with Gasteiger partial charge in [-0.3, -0.25) is 0 Å². The van der Waals surface area contributed by atoms with Crippen molar-refractivity contribution in [2.24, 2.45) is 0 Å². The van der Waals surface area contributed by atoms with Crippen molar-refractivity contribution in [3.05, 3.63) is 12.8 Å². The van der Waals surface area contributed by atoms with Crippen LogP contribution in [-0.4, -0.2) is 16.8 Å². The van der Waals surface area contributed by atoms with Crippen molar-refractivity contribution in [2.45, 2.75) is 19.9 Å². The Morgan fingerprint density at radius 1 is 1.75 bits per heavy atom. The minimum Gasteiger partial charge on any atom is -0.367 e. The van der Waals surface area contributed by atoms with Crippen LogP contribution >= 0.6 is 12.6 Å². The van der Waals surface area contributed by atoms with Gasteiger partial charge in [0.15, 0.2) is 0 Å². The lowest BCUT2D eigenvalue weighted by Crippen LogP contribution is -2.22. The molecule has 0 heterocycles. The standard InChI is InChI=1S/C6H13NS/c1-4-7(5-8)6(2)3/h4,6,8H,1,5H2,2-3H3. The molecule has 48 valence electrons. The van der Waals surface area contributed by atoms with E-state index in [-0.39, 0.29) is 0 Å². The summed E-state index contributed by atoms with van der Waals surface area (Å²) < 4.78 is 0. The van der Waals surface area contributed by atoms with Crippen molar-refractivity contribution < 1.29 is 0 Å². The van der Waals surface area contributed by atoms with Gasteiger partial charge in [0.25, 0.3) is 0 Å². The summed E-state index contributed by atoms with van der Waals surface area (Å²) in [4.78, 5) is 2.04. The Morgan fingerprint density at radius 2 is 2.25 bits per heavy atom. The summed E-state index contributed by atoms with van der Waals surface area (Å²) in [5, 5.41) is 0. The Hall–Kier alpha value is -0.110. The Kier molecular flexibility index (Phi) is 3.79. The molecular weight excluding hydrogens is 118 g/mol. The molecule has 0 aliphatic carbocycles. The van der Waals surface area contributed by atoms with Crippen molar-refractivity contribution in [3.8, 4) is 0 Å². The summed E-state index contributed by atoms with van der Waals surface area (Å²) >= 11 is 4.09. The van der Waals surface area contributed by atoms with E-state index in [1.165, 1.54) is 0 Å². The van der Waals surface area contributed by atoms with Crippen molar-refractivity contribution in [1.82, 2.24) is 4.90 Å². The second-order valence-corrected chi connectivity index (χ2v) is 2.21. The SMILES string of the molecule is C=CN(CS)C(C)C. The summed E-state index contributed by atoms with van der Waals surface area (Å²) in [7, 11) is 0. The molecule has 0 radical (unpaired) electrons. The quantitative estimate of drug-likeness (QED) is 0.451. The van der Waals surface area contributed by atoms with Crippen molar-refractivity contribution in [1.29, 1.82) is 0 Å². The van der Waals surface area contributed by atoms with E-state index in [0.29, 0.717) is 6.04 Å². The van der Waals surface area contributed by atoms with Crippen LogP contribution in [0.5, 0.6) is 0 Å². The molecule has 0 aliphatic heterocycles. The highest BCUT2D eigenvalue weighted by molar-refractivity contribution is 7.80. The molecule has 0 bridgehead atoms. The molecule has 0 rings (SSSR count). The molecule has 0 aromatic heterocycles. The molecule has 0 saturated carbocycles. The first kappa shape index (κ1) is 7.89. The minimum atomic E-state index is 0.519. The van der Waals surface area contributed by atoms with E-state index in [0.717, 1.165) is 5.88 Å². The molecule has 0 unspecified atom stereocenters. The zero-order valence-corrected chi connectivity index (χ0v) is 6.36. The number of hydrogen-bond donors (Lipinski definition) is 1. The molecule has 2 heteroatoms. The van der Waals surface area contributed by atoms with E-state index >= 15 is 0 Å². The number of rotatable bonds is 3. The van der Waals surface area contributed by atoms with Gasteiger partial charge >= 0.3 is 0 Å². The zero-order valence-electron chi connectivity index (χ0n) is 5.46. The molecule has 0 aliphatic rings. The molecule has 0 saturated heterocycles. The van der Waals surface area contributed by atoms with Gasteiger partial charge in [0.1, 0.15) is 0 Å². The van der Waals surface area contributed by atoms with Crippen molar-refractivity contribution in [3.63, 3.8) is 0 Å². The van der Waals surface area contributed by atoms with Crippen LogP contribution in [0.1, 0.15) is 13.8 Å². The average Bonchev–Trinajstić information content (AvgIpc) is 1.69. The maximum Gasteiger partial charge on any atom is 0.0607 e. The first-order valence-corrected chi connectivity index (χ1v) is 3.34. The lowest BCUT2D eigenvalue weighted by Gasteiger charge is -2.20. The molecule has 0 N–H and O–H groups in total. The van der Waals surface area contributed by atoms with E-state index in [1.807, 2.05) is 4.90 Å². The summed E-state index contributed by atoms with van der Waals surface area (Å²) in [6.45, 7) is 7.85. The van der Waals surface area contributed by atoms with Gasteiger partial charge in [0, 0.05) is 6.04 Å². The van der Waals surface area contributed by atoms with Gasteiger partial charge in [-0.05, 0) is 20.0 Å². The Morgan fingerprint density at radius 3 is 2.25 bits per heavy atom. The molecule has 0 aromatic carbocycles. The third kappa shape index (κ3) is 2.26. The maximum atomic E-state index is 4.09. The molecule has 0 spiro atoms. The average molecular weight is 131 g/mol. The lowest BCUT2D eigenvalue weighted by molar-refractivity contribution is 0.364. The second-order valence-electron chi connectivity index (χ2n) is 1.93. The molecule has 0 amide bonds. The highest BCUT2D eigenvalue weighted by atomic mass is 32.1. The Labute approximate surface area is 56.8 Å². The summed E-state index contributed by atoms with van der Waals surface area (Å²) in [5.74, 6) is 0.751. The van der Waals surface area contributed by atoms with Gasteiger partial charge in [-0.1, -0.05) is 6.58 Å². The van der Waals surface area contributed by atoms with Crippen LogP contribution in [0.2, 0.25) is 0 Å². The minimum absolute atomic E-state index is 0.519. The van der Waals surface area contributed by atoms with Crippen molar-refractivity contribution >= 4 is 12.6 Å². The normalized spacial score (nSPS) is 9.50. The van der Waals surface area contributed by atoms with E-state index < -0.39 is 0 Å². The van der Waals surface area contributed by atoms with Gasteiger partial charge in [0.05, 0.1) is 5.88 Å². The summed E-state index contributed by atoms with van der Waals surface area (Å²) in [5.41, 5.74) is 0. The third-order valence-electron chi connectivity index (χ3n) is 1.06. The van der Waals surface area contributed by atoms with Gasteiger partial charge in [-0.25, -0.2) is 0 Å². The smallest absolute Gasteiger partial charge is 0.0607 e. The maximum absolute atomic E-state index is 4.09. The van der Waals surface area contributed by atoms with Crippen LogP contribution in [0.25, 0.3) is 0 Å². The number of hydrogen-bond acceptors (Lipinski definition) is 2. The van der Waals surface area contributed by atoms with Crippen LogP contribution in [0.3, 0.4) is 0 Å². The Balaban J connectivity index is 3.51. The zero-order chi connectivity index (χ0) is 6.57. The largest absolute Gasteiger partial charge is 0.367 e. The molecule has 0 aromatic rings. The highest BCUT2D eigenvalue weighted by Gasteiger charge is 1.97. The topological polar surface area (TPSA) is 3.24 Å². The second kappa shape index (κ2) is 3.84. The van der Waals surface area contributed by atoms with Crippen molar-refractivity contribution in [2.75, 3.05) is 5.88 Å².